The molecule has 2 rings (SSSR count). The molecule has 8 nitrogen and oxygen atoms in total. The minimum atomic E-state index is -0.532. The van der Waals surface area contributed by atoms with Crippen LogP contribution in [0.2, 0.25) is 0 Å². The largest absolute Gasteiger partial charge is 0.484 e. The first-order valence-electron chi connectivity index (χ1n) is 9.70. The van der Waals surface area contributed by atoms with Crippen molar-refractivity contribution in [3.63, 3.8) is 0 Å². The number of aromatic nitrogens is 1. The average Bonchev–Trinajstić information content (AvgIpc) is 3.06. The van der Waals surface area contributed by atoms with Crippen molar-refractivity contribution in [2.75, 3.05) is 26.4 Å². The SMILES string of the molecule is C=CC(=O)COc1ccc(CNC[C@H]2COC[C@@H]2NC(=O)OC(C)(C)C)nc1C. The number of alkyl carbamates (subject to hydrolysis) is 1. The van der Waals surface area contributed by atoms with E-state index in [2.05, 4.69) is 22.2 Å². The fourth-order valence-electron chi connectivity index (χ4n) is 2.86. The van der Waals surface area contributed by atoms with E-state index in [1.165, 1.54) is 6.08 Å². The molecule has 0 aromatic carbocycles. The maximum absolute atomic E-state index is 12.0. The molecule has 2 N–H and O–H groups in total. The molecule has 2 atom stereocenters. The zero-order chi connectivity index (χ0) is 21.4. The van der Waals surface area contributed by atoms with Gasteiger partial charge >= 0.3 is 6.09 Å². The highest BCUT2D eigenvalue weighted by Crippen LogP contribution is 2.17. The van der Waals surface area contributed by atoms with Crippen molar-refractivity contribution >= 4 is 11.9 Å². The van der Waals surface area contributed by atoms with Gasteiger partial charge < -0.3 is 24.8 Å². The number of nitrogens with zero attached hydrogens (tertiary/aromatic N) is 1. The molecule has 1 aliphatic heterocycles. The molecule has 1 amide bonds. The van der Waals surface area contributed by atoms with Crippen LogP contribution in [-0.4, -0.2) is 54.9 Å². The van der Waals surface area contributed by atoms with E-state index < -0.39 is 11.7 Å². The molecule has 1 aromatic rings. The summed E-state index contributed by atoms with van der Waals surface area (Å²) in [4.78, 5) is 27.8. The third-order valence-corrected chi connectivity index (χ3v) is 4.31. The molecular formula is C21H31N3O5. The number of hydrogen-bond donors (Lipinski definition) is 2. The summed E-state index contributed by atoms with van der Waals surface area (Å²) in [5.74, 6) is 0.550. The molecular weight excluding hydrogens is 374 g/mol. The molecule has 160 valence electrons. The van der Waals surface area contributed by atoms with E-state index in [-0.39, 0.29) is 24.3 Å². The number of carbonyl (C=O) groups is 2. The molecule has 0 spiro atoms. The van der Waals surface area contributed by atoms with E-state index in [0.717, 1.165) is 11.4 Å². The second-order valence-corrected chi connectivity index (χ2v) is 8.03. The molecule has 1 fully saturated rings. The Morgan fingerprint density at radius 2 is 2.10 bits per heavy atom. The minimum absolute atomic E-state index is 0.0443. The zero-order valence-corrected chi connectivity index (χ0v) is 17.6. The van der Waals surface area contributed by atoms with Crippen LogP contribution in [0.5, 0.6) is 5.75 Å². The van der Waals surface area contributed by atoms with Crippen LogP contribution in [0.15, 0.2) is 24.8 Å². The Kier molecular flexibility index (Phi) is 8.16. The number of rotatable bonds is 9. The van der Waals surface area contributed by atoms with Crippen molar-refractivity contribution in [2.24, 2.45) is 5.92 Å². The number of amides is 1. The topological polar surface area (TPSA) is 98.8 Å². The zero-order valence-electron chi connectivity index (χ0n) is 17.6. The highest BCUT2D eigenvalue weighted by atomic mass is 16.6. The first kappa shape index (κ1) is 22.8. The van der Waals surface area contributed by atoms with Gasteiger partial charge in [0.05, 0.1) is 30.6 Å². The van der Waals surface area contributed by atoms with E-state index in [0.29, 0.717) is 32.1 Å². The summed E-state index contributed by atoms with van der Waals surface area (Å²) in [7, 11) is 0. The van der Waals surface area contributed by atoms with Crippen LogP contribution in [0.1, 0.15) is 32.2 Å². The molecule has 0 unspecified atom stereocenters. The van der Waals surface area contributed by atoms with Crippen molar-refractivity contribution in [2.45, 2.75) is 45.9 Å². The minimum Gasteiger partial charge on any atom is -0.484 e. The van der Waals surface area contributed by atoms with Crippen LogP contribution >= 0.6 is 0 Å². The van der Waals surface area contributed by atoms with Crippen LogP contribution in [0.3, 0.4) is 0 Å². The Labute approximate surface area is 172 Å². The summed E-state index contributed by atoms with van der Waals surface area (Å²) < 4.78 is 16.3. The van der Waals surface area contributed by atoms with Gasteiger partial charge in [0.15, 0.2) is 12.4 Å². The molecule has 1 aliphatic rings. The highest BCUT2D eigenvalue weighted by Gasteiger charge is 2.30. The predicted octanol–water partition coefficient (Wildman–Crippen LogP) is 2.15. The Hall–Kier alpha value is -2.45. The maximum Gasteiger partial charge on any atom is 0.407 e. The normalized spacial score (nSPS) is 18.9. The van der Waals surface area contributed by atoms with Crippen molar-refractivity contribution in [3.05, 3.63) is 36.2 Å². The summed E-state index contributed by atoms with van der Waals surface area (Å²) in [5, 5.41) is 6.24. The summed E-state index contributed by atoms with van der Waals surface area (Å²) >= 11 is 0. The van der Waals surface area contributed by atoms with Gasteiger partial charge in [-0.15, -0.1) is 0 Å². The van der Waals surface area contributed by atoms with Gasteiger partial charge in [0.1, 0.15) is 11.4 Å². The number of pyridine rings is 1. The van der Waals surface area contributed by atoms with Crippen LogP contribution in [0.25, 0.3) is 0 Å². The highest BCUT2D eigenvalue weighted by molar-refractivity contribution is 5.90. The van der Waals surface area contributed by atoms with E-state index in [1.54, 1.807) is 6.07 Å². The van der Waals surface area contributed by atoms with Crippen LogP contribution < -0.4 is 15.4 Å². The van der Waals surface area contributed by atoms with Gasteiger partial charge in [-0.05, 0) is 45.9 Å². The Morgan fingerprint density at radius 3 is 2.76 bits per heavy atom. The number of carbonyl (C=O) groups excluding carboxylic acids is 2. The first-order chi connectivity index (χ1) is 13.7. The number of aryl methyl sites for hydroxylation is 1. The lowest BCUT2D eigenvalue weighted by atomic mass is 10.0. The van der Waals surface area contributed by atoms with Gasteiger partial charge in [-0.25, -0.2) is 4.79 Å². The number of ketones is 1. The molecule has 1 aromatic heterocycles. The summed E-state index contributed by atoms with van der Waals surface area (Å²) in [6.07, 6.45) is 0.805. The number of nitrogens with one attached hydrogen (secondary N) is 2. The van der Waals surface area contributed by atoms with E-state index in [9.17, 15) is 9.59 Å². The van der Waals surface area contributed by atoms with E-state index in [1.807, 2.05) is 33.8 Å². The Morgan fingerprint density at radius 1 is 1.34 bits per heavy atom. The van der Waals surface area contributed by atoms with Gasteiger partial charge in [-0.3, -0.25) is 9.78 Å². The fraction of sp³-hybridized carbons (Fsp3) is 0.571. The lowest BCUT2D eigenvalue weighted by Gasteiger charge is -2.24. The lowest BCUT2D eigenvalue weighted by Crippen LogP contribution is -2.45. The monoisotopic (exact) mass is 405 g/mol. The Bertz CT molecular complexity index is 730. The third-order valence-electron chi connectivity index (χ3n) is 4.31. The molecule has 8 heteroatoms. The smallest absolute Gasteiger partial charge is 0.407 e. The summed E-state index contributed by atoms with van der Waals surface area (Å²) in [6, 6.07) is 3.57. The molecule has 0 radical (unpaired) electrons. The third kappa shape index (κ3) is 7.83. The van der Waals surface area contributed by atoms with Crippen molar-refractivity contribution in [1.29, 1.82) is 0 Å². The lowest BCUT2D eigenvalue weighted by molar-refractivity contribution is -0.116. The standard InChI is InChI=1S/C21H31N3O5/c1-6-17(25)12-28-19-8-7-16(23-14(19)2)10-22-9-15-11-27-13-18(15)24-20(26)29-21(3,4)5/h6-8,15,18,22H,1,9-13H2,2-5H3,(H,24,26)/t15-,18-/m0/s1. The summed E-state index contributed by atoms with van der Waals surface area (Å²) in [6.45, 7) is 13.0. The quantitative estimate of drug-likeness (QED) is 0.608. The molecule has 0 aliphatic carbocycles. The van der Waals surface area contributed by atoms with Crippen LogP contribution in [-0.2, 0) is 20.8 Å². The van der Waals surface area contributed by atoms with Gasteiger partial charge in [-0.1, -0.05) is 6.58 Å². The molecule has 1 saturated heterocycles. The first-order valence-corrected chi connectivity index (χ1v) is 9.70. The average molecular weight is 405 g/mol. The van der Waals surface area contributed by atoms with Crippen molar-refractivity contribution < 1.29 is 23.8 Å². The van der Waals surface area contributed by atoms with Gasteiger partial charge in [0.2, 0.25) is 0 Å². The van der Waals surface area contributed by atoms with Gasteiger partial charge in [0, 0.05) is 19.0 Å². The van der Waals surface area contributed by atoms with E-state index in [4.69, 9.17) is 14.2 Å². The maximum atomic E-state index is 12.0. The molecule has 29 heavy (non-hydrogen) atoms. The molecule has 0 bridgehead atoms. The van der Waals surface area contributed by atoms with E-state index >= 15 is 0 Å². The predicted molar refractivity (Wildman–Crippen MR) is 109 cm³/mol. The number of hydrogen-bond acceptors (Lipinski definition) is 7. The van der Waals surface area contributed by atoms with Crippen molar-refractivity contribution in [1.82, 2.24) is 15.6 Å². The van der Waals surface area contributed by atoms with Crippen LogP contribution in [0, 0.1) is 12.8 Å². The van der Waals surface area contributed by atoms with Gasteiger partial charge in [0.25, 0.3) is 0 Å². The fourth-order valence-corrected chi connectivity index (χ4v) is 2.86. The van der Waals surface area contributed by atoms with Gasteiger partial charge in [-0.2, -0.15) is 0 Å². The molecule has 0 saturated carbocycles. The molecule has 2 heterocycles. The number of ether oxygens (including phenoxy) is 3. The second-order valence-electron chi connectivity index (χ2n) is 8.03. The van der Waals surface area contributed by atoms with Crippen molar-refractivity contribution in [3.8, 4) is 5.75 Å². The second kappa shape index (κ2) is 10.4. The summed E-state index contributed by atoms with van der Waals surface area (Å²) in [5.41, 5.74) is 1.05. The Balaban J connectivity index is 1.79. The van der Waals surface area contributed by atoms with Crippen LogP contribution in [0.4, 0.5) is 4.79 Å².